The van der Waals surface area contributed by atoms with Gasteiger partial charge in [0.2, 0.25) is 5.82 Å². The van der Waals surface area contributed by atoms with E-state index in [0.717, 1.165) is 29.7 Å². The van der Waals surface area contributed by atoms with Gasteiger partial charge in [0, 0.05) is 11.1 Å². The topological polar surface area (TPSA) is 86.5 Å². The summed E-state index contributed by atoms with van der Waals surface area (Å²) in [5, 5.41) is 7.56. The molecule has 0 amide bonds. The van der Waals surface area contributed by atoms with Gasteiger partial charge >= 0.3 is 5.97 Å². The Hall–Kier alpha value is -2.90. The van der Waals surface area contributed by atoms with Crippen molar-refractivity contribution in [1.82, 2.24) is 15.5 Å². The third-order valence-corrected chi connectivity index (χ3v) is 4.96. The normalized spacial score (nSPS) is 15.7. The highest BCUT2D eigenvalue weighted by Gasteiger charge is 2.25. The molecule has 4 rings (SSSR count). The van der Waals surface area contributed by atoms with Gasteiger partial charge in [-0.05, 0) is 62.7 Å². The molecule has 3 aromatic rings. The van der Waals surface area contributed by atoms with Crippen LogP contribution >= 0.6 is 11.6 Å². The second kappa shape index (κ2) is 8.85. The van der Waals surface area contributed by atoms with Crippen molar-refractivity contribution in [3.63, 3.8) is 0 Å². The molecule has 1 N–H and O–H groups in total. The summed E-state index contributed by atoms with van der Waals surface area (Å²) >= 11 is 6.30. The highest BCUT2D eigenvalue weighted by atomic mass is 35.5. The maximum atomic E-state index is 11.8. The Morgan fingerprint density at radius 3 is 2.60 bits per heavy atom. The van der Waals surface area contributed by atoms with Gasteiger partial charge in [-0.1, -0.05) is 28.9 Å². The summed E-state index contributed by atoms with van der Waals surface area (Å²) < 4.78 is 16.4. The average molecular weight is 428 g/mol. The number of rotatable bonds is 7. The Morgan fingerprint density at radius 2 is 1.97 bits per heavy atom. The molecular weight excluding hydrogens is 406 g/mol. The van der Waals surface area contributed by atoms with E-state index in [1.165, 1.54) is 0 Å². The molecule has 1 aliphatic heterocycles. The van der Waals surface area contributed by atoms with Gasteiger partial charge in [0.15, 0.2) is 0 Å². The molecule has 0 radical (unpaired) electrons. The van der Waals surface area contributed by atoms with Crippen LogP contribution in [0.5, 0.6) is 5.75 Å². The minimum atomic E-state index is -0.213. The number of benzene rings is 2. The third kappa shape index (κ3) is 4.63. The Balaban J connectivity index is 1.42. The average Bonchev–Trinajstić information content (AvgIpc) is 3.17. The van der Waals surface area contributed by atoms with Crippen molar-refractivity contribution in [2.45, 2.75) is 39.0 Å². The zero-order valence-corrected chi connectivity index (χ0v) is 17.5. The minimum absolute atomic E-state index is 0.0338. The molecule has 2 heterocycles. The van der Waals surface area contributed by atoms with Crippen LogP contribution in [-0.4, -0.2) is 34.8 Å². The standard InChI is InChI=1S/C22H22ClN3O4/c1-13(2)29-19-8-7-16(11-17(19)23)20-25-21(30-26-20)15-5-3-14(4-6-15)12-28-22(27)18-9-10-24-18/h3-8,11,13,18,24H,9-10,12H2,1-2H3. The largest absolute Gasteiger partial charge is 0.489 e. The molecule has 1 unspecified atom stereocenters. The Bertz CT molecular complexity index is 1030. The number of hydrogen-bond donors (Lipinski definition) is 1. The van der Waals surface area contributed by atoms with Gasteiger partial charge < -0.3 is 19.3 Å². The summed E-state index contributed by atoms with van der Waals surface area (Å²) in [7, 11) is 0. The number of aromatic nitrogens is 2. The lowest BCUT2D eigenvalue weighted by Gasteiger charge is -2.25. The molecule has 0 saturated carbocycles. The number of halogens is 1. The van der Waals surface area contributed by atoms with E-state index in [2.05, 4.69) is 15.5 Å². The van der Waals surface area contributed by atoms with Gasteiger partial charge in [0.05, 0.1) is 11.1 Å². The Kier molecular flexibility index (Phi) is 6.01. The van der Waals surface area contributed by atoms with Gasteiger partial charge in [0.25, 0.3) is 5.89 Å². The number of nitrogens with zero attached hydrogens (tertiary/aromatic N) is 2. The fourth-order valence-corrected chi connectivity index (χ4v) is 3.16. The highest BCUT2D eigenvalue weighted by Crippen LogP contribution is 2.31. The Labute approximate surface area is 179 Å². The monoisotopic (exact) mass is 427 g/mol. The van der Waals surface area contributed by atoms with Gasteiger partial charge in [-0.25, -0.2) is 0 Å². The quantitative estimate of drug-likeness (QED) is 0.564. The number of nitrogens with one attached hydrogen (secondary N) is 1. The van der Waals surface area contributed by atoms with Crippen LogP contribution in [0.3, 0.4) is 0 Å². The molecule has 1 aromatic heterocycles. The number of hydrogen-bond acceptors (Lipinski definition) is 7. The second-order valence-electron chi connectivity index (χ2n) is 7.33. The second-order valence-corrected chi connectivity index (χ2v) is 7.74. The summed E-state index contributed by atoms with van der Waals surface area (Å²) in [4.78, 5) is 16.2. The van der Waals surface area contributed by atoms with E-state index >= 15 is 0 Å². The van der Waals surface area contributed by atoms with Crippen molar-refractivity contribution < 1.29 is 18.8 Å². The SMILES string of the molecule is CC(C)Oc1ccc(-c2noc(-c3ccc(COC(=O)C4CCN4)cc3)n2)cc1Cl. The predicted octanol–water partition coefficient (Wildman–Crippen LogP) is 4.25. The van der Waals surface area contributed by atoms with Gasteiger partial charge in [0.1, 0.15) is 18.4 Å². The summed E-state index contributed by atoms with van der Waals surface area (Å²) in [6.45, 7) is 4.98. The molecular formula is C22H22ClN3O4. The molecule has 0 spiro atoms. The zero-order chi connectivity index (χ0) is 21.1. The lowest BCUT2D eigenvalue weighted by molar-refractivity contribution is -0.149. The number of ether oxygens (including phenoxy) is 2. The molecule has 0 bridgehead atoms. The summed E-state index contributed by atoms with van der Waals surface area (Å²) in [5.41, 5.74) is 2.40. The van der Waals surface area contributed by atoms with Crippen LogP contribution in [0.25, 0.3) is 22.8 Å². The molecule has 0 aliphatic carbocycles. The van der Waals surface area contributed by atoms with Crippen molar-refractivity contribution >= 4 is 17.6 Å². The number of carbonyl (C=O) groups is 1. The van der Waals surface area contributed by atoms with E-state index in [9.17, 15) is 4.79 Å². The molecule has 156 valence electrons. The maximum Gasteiger partial charge on any atom is 0.323 e. The van der Waals surface area contributed by atoms with Crippen LogP contribution < -0.4 is 10.1 Å². The fourth-order valence-electron chi connectivity index (χ4n) is 2.94. The fraction of sp³-hybridized carbons (Fsp3) is 0.318. The lowest BCUT2D eigenvalue weighted by atomic mass is 10.1. The van der Waals surface area contributed by atoms with Crippen LogP contribution in [-0.2, 0) is 16.1 Å². The highest BCUT2D eigenvalue weighted by molar-refractivity contribution is 6.32. The third-order valence-electron chi connectivity index (χ3n) is 4.67. The molecule has 30 heavy (non-hydrogen) atoms. The first-order valence-electron chi connectivity index (χ1n) is 9.79. The zero-order valence-electron chi connectivity index (χ0n) is 16.7. The van der Waals surface area contributed by atoms with Gasteiger partial charge in [-0.15, -0.1) is 0 Å². The summed E-state index contributed by atoms with van der Waals surface area (Å²) in [6.07, 6.45) is 0.863. The van der Waals surface area contributed by atoms with Crippen LogP contribution in [0, 0.1) is 0 Å². The smallest absolute Gasteiger partial charge is 0.323 e. The van der Waals surface area contributed by atoms with E-state index in [1.54, 1.807) is 12.1 Å². The predicted molar refractivity (Wildman–Crippen MR) is 112 cm³/mol. The summed E-state index contributed by atoms with van der Waals surface area (Å²) in [5.74, 6) is 1.23. The number of esters is 1. The molecule has 8 heteroatoms. The molecule has 1 fully saturated rings. The molecule has 2 aromatic carbocycles. The number of carbonyl (C=O) groups excluding carboxylic acids is 1. The van der Waals surface area contributed by atoms with E-state index in [1.807, 2.05) is 44.2 Å². The van der Waals surface area contributed by atoms with Gasteiger partial charge in [-0.2, -0.15) is 4.98 Å². The van der Waals surface area contributed by atoms with Crippen LogP contribution in [0.15, 0.2) is 47.0 Å². The maximum absolute atomic E-state index is 11.8. The van der Waals surface area contributed by atoms with Crippen LogP contribution in [0.4, 0.5) is 0 Å². The van der Waals surface area contributed by atoms with E-state index in [4.69, 9.17) is 25.6 Å². The lowest BCUT2D eigenvalue weighted by Crippen LogP contribution is -2.49. The molecule has 7 nitrogen and oxygen atoms in total. The van der Waals surface area contributed by atoms with Crippen molar-refractivity contribution in [2.24, 2.45) is 0 Å². The van der Waals surface area contributed by atoms with Crippen molar-refractivity contribution in [3.05, 3.63) is 53.1 Å². The minimum Gasteiger partial charge on any atom is -0.489 e. The first-order valence-corrected chi connectivity index (χ1v) is 10.2. The molecule has 1 atom stereocenters. The van der Waals surface area contributed by atoms with Crippen molar-refractivity contribution in [2.75, 3.05) is 6.54 Å². The van der Waals surface area contributed by atoms with E-state index in [0.29, 0.717) is 22.5 Å². The van der Waals surface area contributed by atoms with E-state index < -0.39 is 0 Å². The molecule has 1 aliphatic rings. The first kappa shape index (κ1) is 20.4. The van der Waals surface area contributed by atoms with Crippen LogP contribution in [0.2, 0.25) is 5.02 Å². The van der Waals surface area contributed by atoms with Crippen molar-refractivity contribution in [3.8, 4) is 28.6 Å². The van der Waals surface area contributed by atoms with Crippen LogP contribution in [0.1, 0.15) is 25.8 Å². The first-order chi connectivity index (χ1) is 14.5. The van der Waals surface area contributed by atoms with Gasteiger partial charge in [-0.3, -0.25) is 4.79 Å². The van der Waals surface area contributed by atoms with Crippen molar-refractivity contribution in [1.29, 1.82) is 0 Å². The van der Waals surface area contributed by atoms with E-state index in [-0.39, 0.29) is 24.7 Å². The summed E-state index contributed by atoms with van der Waals surface area (Å²) in [6, 6.07) is 12.7. The Morgan fingerprint density at radius 1 is 1.23 bits per heavy atom. The molecule has 1 saturated heterocycles.